The van der Waals surface area contributed by atoms with Crippen LogP contribution in [-0.4, -0.2) is 11.9 Å². The molecule has 0 saturated carbocycles. The fourth-order valence-corrected chi connectivity index (χ4v) is 0.998. The third-order valence-corrected chi connectivity index (χ3v) is 1.80. The van der Waals surface area contributed by atoms with Gasteiger partial charge in [-0.2, -0.15) is 0 Å². The van der Waals surface area contributed by atoms with Gasteiger partial charge in [-0.3, -0.25) is 4.99 Å². The molecule has 0 aromatic carbocycles. The van der Waals surface area contributed by atoms with Crippen molar-refractivity contribution in [1.29, 1.82) is 0 Å². The summed E-state index contributed by atoms with van der Waals surface area (Å²) in [7, 11) is 0. The van der Waals surface area contributed by atoms with E-state index in [0.717, 1.165) is 12.1 Å². The number of nitrogens with two attached hydrogens (primary N) is 1. The summed E-state index contributed by atoms with van der Waals surface area (Å²) in [4.78, 5) is 4.27. The number of hydrogen-bond donors (Lipinski definition) is 1. The molecule has 0 saturated heterocycles. The molecular weight excluding hydrogens is 124 g/mol. The highest BCUT2D eigenvalue weighted by Crippen LogP contribution is 2.11. The molecule has 1 rings (SSSR count). The van der Waals surface area contributed by atoms with Crippen molar-refractivity contribution >= 4 is 5.71 Å². The maximum absolute atomic E-state index is 5.74. The molecule has 0 fully saturated rings. The van der Waals surface area contributed by atoms with E-state index in [-0.39, 0.29) is 6.17 Å². The Balaban J connectivity index is 2.71. The monoisotopic (exact) mass is 138 g/mol. The van der Waals surface area contributed by atoms with E-state index < -0.39 is 0 Å². The lowest BCUT2D eigenvalue weighted by atomic mass is 10.1. The van der Waals surface area contributed by atoms with Crippen molar-refractivity contribution in [2.75, 3.05) is 0 Å². The summed E-state index contributed by atoms with van der Waals surface area (Å²) in [6, 6.07) is 0. The molecule has 0 aromatic rings. The summed E-state index contributed by atoms with van der Waals surface area (Å²) >= 11 is 0. The number of rotatable bonds is 0. The minimum atomic E-state index is -0.00463. The Bertz CT molecular complexity index is 170. The zero-order valence-corrected chi connectivity index (χ0v) is 6.54. The van der Waals surface area contributed by atoms with Gasteiger partial charge < -0.3 is 5.73 Å². The second kappa shape index (κ2) is 2.97. The minimum Gasteiger partial charge on any atom is -0.310 e. The van der Waals surface area contributed by atoms with Gasteiger partial charge >= 0.3 is 0 Å². The molecule has 10 heavy (non-hydrogen) atoms. The first-order valence-corrected chi connectivity index (χ1v) is 3.66. The molecule has 0 aliphatic carbocycles. The predicted molar refractivity (Wildman–Crippen MR) is 44.0 cm³/mol. The van der Waals surface area contributed by atoms with E-state index in [1.165, 1.54) is 0 Å². The Morgan fingerprint density at radius 2 is 2.40 bits per heavy atom. The SMILES string of the molecule is CC1=N[C@H](N)C(C)CC=C1. The second-order valence-corrected chi connectivity index (χ2v) is 2.88. The van der Waals surface area contributed by atoms with Crippen LogP contribution in [-0.2, 0) is 0 Å². The average Bonchev–Trinajstić information content (AvgIpc) is 1.96. The van der Waals surface area contributed by atoms with Gasteiger partial charge in [-0.1, -0.05) is 13.0 Å². The van der Waals surface area contributed by atoms with Crippen LogP contribution >= 0.6 is 0 Å². The molecule has 2 N–H and O–H groups in total. The molecule has 0 aromatic heterocycles. The molecule has 2 atom stereocenters. The number of allylic oxidation sites excluding steroid dienone is 2. The van der Waals surface area contributed by atoms with Crippen molar-refractivity contribution in [1.82, 2.24) is 0 Å². The maximum Gasteiger partial charge on any atom is 0.100 e. The smallest absolute Gasteiger partial charge is 0.100 e. The molecule has 1 aliphatic rings. The van der Waals surface area contributed by atoms with Crippen LogP contribution in [0.3, 0.4) is 0 Å². The first-order valence-electron chi connectivity index (χ1n) is 3.66. The van der Waals surface area contributed by atoms with Gasteiger partial charge in [0.1, 0.15) is 6.17 Å². The van der Waals surface area contributed by atoms with Crippen LogP contribution < -0.4 is 5.73 Å². The Labute approximate surface area is 61.8 Å². The fraction of sp³-hybridized carbons (Fsp3) is 0.625. The van der Waals surface area contributed by atoms with E-state index in [1.54, 1.807) is 0 Å². The quantitative estimate of drug-likeness (QED) is 0.538. The van der Waals surface area contributed by atoms with E-state index in [0.29, 0.717) is 5.92 Å². The molecule has 1 unspecified atom stereocenters. The standard InChI is InChI=1S/C8H14N2/c1-6-4-3-5-7(2)10-8(6)9/h3,5-6,8H,4,9H2,1-2H3/t6?,8-/m0/s1. The van der Waals surface area contributed by atoms with E-state index in [2.05, 4.69) is 18.0 Å². The van der Waals surface area contributed by atoms with Crippen molar-refractivity contribution in [3.63, 3.8) is 0 Å². The third kappa shape index (κ3) is 1.67. The maximum atomic E-state index is 5.74. The molecule has 0 spiro atoms. The normalized spacial score (nSPS) is 33.3. The Hall–Kier alpha value is -0.630. The van der Waals surface area contributed by atoms with Gasteiger partial charge in [0.15, 0.2) is 0 Å². The van der Waals surface area contributed by atoms with Crippen molar-refractivity contribution in [3.8, 4) is 0 Å². The summed E-state index contributed by atoms with van der Waals surface area (Å²) in [5.41, 5.74) is 6.78. The molecule has 1 aliphatic heterocycles. The van der Waals surface area contributed by atoms with E-state index >= 15 is 0 Å². The van der Waals surface area contributed by atoms with Crippen LogP contribution in [0.15, 0.2) is 17.1 Å². The van der Waals surface area contributed by atoms with Crippen LogP contribution in [0.4, 0.5) is 0 Å². The van der Waals surface area contributed by atoms with Crippen LogP contribution in [0, 0.1) is 5.92 Å². The van der Waals surface area contributed by atoms with E-state index in [1.807, 2.05) is 13.0 Å². The molecule has 2 nitrogen and oxygen atoms in total. The lowest BCUT2D eigenvalue weighted by Crippen LogP contribution is -2.25. The minimum absolute atomic E-state index is 0.00463. The zero-order valence-electron chi connectivity index (χ0n) is 6.54. The zero-order chi connectivity index (χ0) is 7.56. The Morgan fingerprint density at radius 1 is 1.70 bits per heavy atom. The van der Waals surface area contributed by atoms with E-state index in [4.69, 9.17) is 5.73 Å². The molecular formula is C8H14N2. The lowest BCUT2D eigenvalue weighted by molar-refractivity contribution is 0.478. The van der Waals surface area contributed by atoms with Gasteiger partial charge in [0.05, 0.1) is 0 Å². The van der Waals surface area contributed by atoms with Gasteiger partial charge in [0.2, 0.25) is 0 Å². The lowest BCUT2D eigenvalue weighted by Gasteiger charge is -2.11. The Kier molecular flexibility index (Phi) is 2.22. The third-order valence-electron chi connectivity index (χ3n) is 1.80. The number of aliphatic imine (C=N–C) groups is 1. The van der Waals surface area contributed by atoms with Crippen molar-refractivity contribution in [2.24, 2.45) is 16.6 Å². The number of nitrogens with zero attached hydrogens (tertiary/aromatic N) is 1. The highest BCUT2D eigenvalue weighted by molar-refractivity contribution is 5.93. The van der Waals surface area contributed by atoms with Crippen LogP contribution in [0.1, 0.15) is 20.3 Å². The highest BCUT2D eigenvalue weighted by atomic mass is 14.9. The summed E-state index contributed by atoms with van der Waals surface area (Å²) < 4.78 is 0. The summed E-state index contributed by atoms with van der Waals surface area (Å²) in [5.74, 6) is 0.480. The molecule has 56 valence electrons. The van der Waals surface area contributed by atoms with Crippen molar-refractivity contribution < 1.29 is 0 Å². The van der Waals surface area contributed by atoms with Crippen molar-refractivity contribution in [2.45, 2.75) is 26.4 Å². The number of hydrogen-bond acceptors (Lipinski definition) is 2. The average molecular weight is 138 g/mol. The molecule has 0 radical (unpaired) electrons. The van der Waals surface area contributed by atoms with Gasteiger partial charge in [0, 0.05) is 5.71 Å². The molecule has 1 heterocycles. The molecule has 0 amide bonds. The van der Waals surface area contributed by atoms with Gasteiger partial charge in [-0.25, -0.2) is 0 Å². The largest absolute Gasteiger partial charge is 0.310 e. The van der Waals surface area contributed by atoms with Crippen LogP contribution in [0.2, 0.25) is 0 Å². The van der Waals surface area contributed by atoms with Gasteiger partial charge in [-0.05, 0) is 25.3 Å². The van der Waals surface area contributed by atoms with Crippen LogP contribution in [0.5, 0.6) is 0 Å². The summed E-state index contributed by atoms with van der Waals surface area (Å²) in [6.45, 7) is 4.10. The topological polar surface area (TPSA) is 38.4 Å². The summed E-state index contributed by atoms with van der Waals surface area (Å²) in [6.07, 6.45) is 5.21. The predicted octanol–water partition coefficient (Wildman–Crippen LogP) is 1.33. The molecule has 0 bridgehead atoms. The fourth-order valence-electron chi connectivity index (χ4n) is 0.998. The van der Waals surface area contributed by atoms with Crippen molar-refractivity contribution in [3.05, 3.63) is 12.2 Å². The highest BCUT2D eigenvalue weighted by Gasteiger charge is 2.11. The van der Waals surface area contributed by atoms with Gasteiger partial charge in [0.25, 0.3) is 0 Å². The Morgan fingerprint density at radius 3 is 3.10 bits per heavy atom. The summed E-state index contributed by atoms with van der Waals surface area (Å²) in [5, 5.41) is 0. The first-order chi connectivity index (χ1) is 4.70. The van der Waals surface area contributed by atoms with E-state index in [9.17, 15) is 0 Å². The second-order valence-electron chi connectivity index (χ2n) is 2.88. The van der Waals surface area contributed by atoms with Gasteiger partial charge in [-0.15, -0.1) is 0 Å². The first kappa shape index (κ1) is 7.48. The van der Waals surface area contributed by atoms with Crippen LogP contribution in [0.25, 0.3) is 0 Å². The molecule has 2 heteroatoms.